The minimum Gasteiger partial charge on any atom is -0.378 e. The highest BCUT2D eigenvalue weighted by Gasteiger charge is 2.13. The van der Waals surface area contributed by atoms with Crippen LogP contribution in [0.5, 0.6) is 0 Å². The second-order valence-electron chi connectivity index (χ2n) is 6.17. The minimum absolute atomic E-state index is 0.0667. The number of carbonyl (C=O) groups is 1. The van der Waals surface area contributed by atoms with Crippen LogP contribution in [0.4, 0.5) is 5.82 Å². The number of aromatic nitrogens is 2. The first-order valence-electron chi connectivity index (χ1n) is 8.41. The summed E-state index contributed by atoms with van der Waals surface area (Å²) in [6.45, 7) is 4.69. The first-order chi connectivity index (χ1) is 12.2. The van der Waals surface area contributed by atoms with Gasteiger partial charge in [-0.15, -0.1) is 0 Å². The predicted molar refractivity (Wildman–Crippen MR) is 98.0 cm³/mol. The SMILES string of the molecule is CC(=O)c1cccc(-c2ccc3ncc(N4CCOCC4)nc3c2)c1. The van der Waals surface area contributed by atoms with Crippen molar-refractivity contribution in [3.8, 4) is 11.1 Å². The molecule has 5 heteroatoms. The molecule has 2 aromatic carbocycles. The van der Waals surface area contributed by atoms with Gasteiger partial charge in [0.1, 0.15) is 5.82 Å². The standard InChI is InChI=1S/C20H19N3O2/c1-14(24)15-3-2-4-16(11-15)17-5-6-18-19(12-17)22-20(13-21-18)23-7-9-25-10-8-23/h2-6,11-13H,7-10H2,1H3. The van der Waals surface area contributed by atoms with E-state index in [1.165, 1.54) is 0 Å². The van der Waals surface area contributed by atoms with E-state index in [1.54, 1.807) is 6.92 Å². The largest absolute Gasteiger partial charge is 0.378 e. The number of Topliss-reactive ketones (excluding diaryl/α,β-unsaturated/α-hetero) is 1. The van der Waals surface area contributed by atoms with Gasteiger partial charge in [0.2, 0.25) is 0 Å². The number of carbonyl (C=O) groups excluding carboxylic acids is 1. The van der Waals surface area contributed by atoms with Gasteiger partial charge in [0, 0.05) is 18.7 Å². The molecule has 0 saturated carbocycles. The first-order valence-corrected chi connectivity index (χ1v) is 8.41. The Morgan fingerprint density at radius 2 is 1.84 bits per heavy atom. The molecule has 0 aliphatic carbocycles. The van der Waals surface area contributed by atoms with Crippen LogP contribution in [0.3, 0.4) is 0 Å². The van der Waals surface area contributed by atoms with Crippen molar-refractivity contribution in [3.63, 3.8) is 0 Å². The maximum Gasteiger partial charge on any atom is 0.159 e. The van der Waals surface area contributed by atoms with Gasteiger partial charge in [-0.1, -0.05) is 24.3 Å². The Balaban J connectivity index is 1.73. The normalized spacial score (nSPS) is 14.7. The molecule has 0 radical (unpaired) electrons. The van der Waals surface area contributed by atoms with Crippen molar-refractivity contribution in [3.05, 3.63) is 54.2 Å². The zero-order valence-corrected chi connectivity index (χ0v) is 14.1. The first kappa shape index (κ1) is 15.7. The van der Waals surface area contributed by atoms with Gasteiger partial charge >= 0.3 is 0 Å². The van der Waals surface area contributed by atoms with Crippen molar-refractivity contribution >= 4 is 22.6 Å². The van der Waals surface area contributed by atoms with Gasteiger partial charge in [0.15, 0.2) is 5.78 Å². The molecule has 25 heavy (non-hydrogen) atoms. The molecule has 3 aromatic rings. The Morgan fingerprint density at radius 1 is 1.04 bits per heavy atom. The number of fused-ring (bicyclic) bond motifs is 1. The fraction of sp³-hybridized carbons (Fsp3) is 0.250. The van der Waals surface area contributed by atoms with E-state index < -0.39 is 0 Å². The van der Waals surface area contributed by atoms with Crippen LogP contribution in [0, 0.1) is 0 Å². The van der Waals surface area contributed by atoms with Crippen LogP contribution in [0.25, 0.3) is 22.2 Å². The highest BCUT2D eigenvalue weighted by atomic mass is 16.5. The molecule has 4 rings (SSSR count). The van der Waals surface area contributed by atoms with Crippen molar-refractivity contribution in [2.45, 2.75) is 6.92 Å². The quantitative estimate of drug-likeness (QED) is 0.688. The summed E-state index contributed by atoms with van der Waals surface area (Å²) in [7, 11) is 0. The van der Waals surface area contributed by atoms with E-state index in [1.807, 2.05) is 48.7 Å². The molecule has 1 aliphatic heterocycles. The summed E-state index contributed by atoms with van der Waals surface area (Å²) in [5.74, 6) is 0.947. The second-order valence-corrected chi connectivity index (χ2v) is 6.17. The molecule has 2 heterocycles. The number of hydrogen-bond donors (Lipinski definition) is 0. The van der Waals surface area contributed by atoms with Gasteiger partial charge in [0.05, 0.1) is 30.4 Å². The summed E-state index contributed by atoms with van der Waals surface area (Å²) in [5.41, 5.74) is 4.47. The smallest absolute Gasteiger partial charge is 0.159 e. The average molecular weight is 333 g/mol. The Kier molecular flexibility index (Phi) is 4.15. The fourth-order valence-corrected chi connectivity index (χ4v) is 3.04. The van der Waals surface area contributed by atoms with Crippen LogP contribution >= 0.6 is 0 Å². The third-order valence-corrected chi connectivity index (χ3v) is 4.47. The van der Waals surface area contributed by atoms with Gasteiger partial charge in [-0.25, -0.2) is 4.98 Å². The van der Waals surface area contributed by atoms with Gasteiger partial charge in [-0.3, -0.25) is 9.78 Å². The van der Waals surface area contributed by atoms with Gasteiger partial charge in [-0.2, -0.15) is 0 Å². The van der Waals surface area contributed by atoms with Gasteiger partial charge < -0.3 is 9.64 Å². The van der Waals surface area contributed by atoms with E-state index in [0.717, 1.165) is 54.3 Å². The van der Waals surface area contributed by atoms with E-state index in [-0.39, 0.29) is 5.78 Å². The van der Waals surface area contributed by atoms with Gasteiger partial charge in [-0.05, 0) is 36.2 Å². The van der Waals surface area contributed by atoms with Crippen LogP contribution < -0.4 is 4.90 Å². The van der Waals surface area contributed by atoms with Crippen molar-refractivity contribution in [1.29, 1.82) is 0 Å². The molecular formula is C20H19N3O2. The number of anilines is 1. The molecule has 5 nitrogen and oxygen atoms in total. The molecule has 0 bridgehead atoms. The lowest BCUT2D eigenvalue weighted by Crippen LogP contribution is -2.36. The molecule has 0 N–H and O–H groups in total. The topological polar surface area (TPSA) is 55.3 Å². The third-order valence-electron chi connectivity index (χ3n) is 4.47. The maximum atomic E-state index is 11.6. The molecule has 0 unspecified atom stereocenters. The number of rotatable bonds is 3. The molecule has 1 saturated heterocycles. The van der Waals surface area contributed by atoms with Crippen molar-refractivity contribution in [2.24, 2.45) is 0 Å². The number of benzene rings is 2. The minimum atomic E-state index is 0.0667. The van der Waals surface area contributed by atoms with Crippen LogP contribution in [0.1, 0.15) is 17.3 Å². The van der Waals surface area contributed by atoms with E-state index in [2.05, 4.69) is 9.88 Å². The maximum absolute atomic E-state index is 11.6. The van der Waals surface area contributed by atoms with E-state index in [4.69, 9.17) is 9.72 Å². The fourth-order valence-electron chi connectivity index (χ4n) is 3.04. The number of hydrogen-bond acceptors (Lipinski definition) is 5. The summed E-state index contributed by atoms with van der Waals surface area (Å²) in [6.07, 6.45) is 1.82. The molecule has 1 aromatic heterocycles. The summed E-state index contributed by atoms with van der Waals surface area (Å²) in [5, 5.41) is 0. The lowest BCUT2D eigenvalue weighted by molar-refractivity contribution is 0.101. The third kappa shape index (κ3) is 3.23. The molecular weight excluding hydrogens is 314 g/mol. The predicted octanol–water partition coefficient (Wildman–Crippen LogP) is 3.34. The molecule has 1 aliphatic rings. The number of nitrogens with zero attached hydrogens (tertiary/aromatic N) is 3. The molecule has 1 fully saturated rings. The van der Waals surface area contributed by atoms with Crippen LogP contribution in [-0.2, 0) is 4.74 Å². The zero-order valence-electron chi connectivity index (χ0n) is 14.1. The summed E-state index contributed by atoms with van der Waals surface area (Å²) < 4.78 is 5.40. The zero-order chi connectivity index (χ0) is 17.2. The summed E-state index contributed by atoms with van der Waals surface area (Å²) >= 11 is 0. The lowest BCUT2D eigenvalue weighted by Gasteiger charge is -2.27. The van der Waals surface area contributed by atoms with Crippen molar-refractivity contribution in [2.75, 3.05) is 31.2 Å². The van der Waals surface area contributed by atoms with Crippen LogP contribution in [0.2, 0.25) is 0 Å². The summed E-state index contributed by atoms with van der Waals surface area (Å²) in [4.78, 5) is 23.1. The second kappa shape index (κ2) is 6.61. The van der Waals surface area contributed by atoms with Crippen molar-refractivity contribution < 1.29 is 9.53 Å². The highest BCUT2D eigenvalue weighted by Crippen LogP contribution is 2.25. The van der Waals surface area contributed by atoms with Crippen LogP contribution in [0.15, 0.2) is 48.7 Å². The Hall–Kier alpha value is -2.79. The molecule has 0 amide bonds. The van der Waals surface area contributed by atoms with Gasteiger partial charge in [0.25, 0.3) is 0 Å². The monoisotopic (exact) mass is 333 g/mol. The Morgan fingerprint density at radius 3 is 2.64 bits per heavy atom. The highest BCUT2D eigenvalue weighted by molar-refractivity contribution is 5.95. The van der Waals surface area contributed by atoms with Crippen LogP contribution in [-0.4, -0.2) is 42.1 Å². The molecule has 126 valence electrons. The van der Waals surface area contributed by atoms with E-state index in [0.29, 0.717) is 5.56 Å². The number of ketones is 1. The average Bonchev–Trinajstić information content (AvgIpc) is 2.68. The molecule has 0 spiro atoms. The number of ether oxygens (including phenoxy) is 1. The van der Waals surface area contributed by atoms with E-state index in [9.17, 15) is 4.79 Å². The number of morpholine rings is 1. The van der Waals surface area contributed by atoms with E-state index >= 15 is 0 Å². The Labute approximate surface area is 146 Å². The molecule has 0 atom stereocenters. The van der Waals surface area contributed by atoms with Crippen molar-refractivity contribution in [1.82, 2.24) is 9.97 Å². The Bertz CT molecular complexity index is 933. The lowest BCUT2D eigenvalue weighted by atomic mass is 10.0. The summed E-state index contributed by atoms with van der Waals surface area (Å²) in [6, 6.07) is 13.7.